The Bertz CT molecular complexity index is 386. The summed E-state index contributed by atoms with van der Waals surface area (Å²) in [7, 11) is 1.79. The summed E-state index contributed by atoms with van der Waals surface area (Å²) < 4.78 is 10.3. The lowest BCUT2D eigenvalue weighted by molar-refractivity contribution is -0.180. The molecule has 0 aromatic carbocycles. The van der Waals surface area contributed by atoms with Gasteiger partial charge in [0.2, 0.25) is 5.54 Å². The normalized spacial score (nSPS) is 28.2. The van der Waals surface area contributed by atoms with Crippen molar-refractivity contribution in [3.05, 3.63) is 12.2 Å². The standard InChI is InChI=1S/C14H21NO4/c1-4-18-12(16)14(13(17)19-5-2)11-7-6-10(8-11)9-15(14)3/h6-7,10-11H,4-5,8-9H2,1-3H3. The van der Waals surface area contributed by atoms with Gasteiger partial charge in [0.15, 0.2) is 0 Å². The maximum Gasteiger partial charge on any atom is 0.338 e. The molecule has 1 saturated heterocycles. The summed E-state index contributed by atoms with van der Waals surface area (Å²) in [5.41, 5.74) is -1.31. The Morgan fingerprint density at radius 1 is 1.21 bits per heavy atom. The topological polar surface area (TPSA) is 55.8 Å². The van der Waals surface area contributed by atoms with E-state index in [1.165, 1.54) is 0 Å². The van der Waals surface area contributed by atoms with Gasteiger partial charge in [-0.3, -0.25) is 4.90 Å². The molecule has 106 valence electrons. The van der Waals surface area contributed by atoms with E-state index < -0.39 is 17.5 Å². The Hall–Kier alpha value is -1.36. The summed E-state index contributed by atoms with van der Waals surface area (Å²) >= 11 is 0. The lowest BCUT2D eigenvalue weighted by Crippen LogP contribution is -2.66. The number of fused-ring (bicyclic) bond motifs is 2. The minimum absolute atomic E-state index is 0.158. The third kappa shape index (κ3) is 2.06. The molecular formula is C14H21NO4. The number of hydrogen-bond acceptors (Lipinski definition) is 5. The van der Waals surface area contributed by atoms with Crippen molar-refractivity contribution in [2.75, 3.05) is 26.8 Å². The molecule has 1 fully saturated rings. The molecule has 19 heavy (non-hydrogen) atoms. The molecule has 2 unspecified atom stereocenters. The summed E-state index contributed by atoms with van der Waals surface area (Å²) in [6.45, 7) is 4.67. The molecule has 2 rings (SSSR count). The first-order valence-electron chi connectivity index (χ1n) is 6.81. The van der Waals surface area contributed by atoms with Crippen LogP contribution in [0.4, 0.5) is 0 Å². The van der Waals surface area contributed by atoms with Gasteiger partial charge in [0.05, 0.1) is 13.2 Å². The van der Waals surface area contributed by atoms with E-state index in [4.69, 9.17) is 9.47 Å². The summed E-state index contributed by atoms with van der Waals surface area (Å²) in [5.74, 6) is -0.738. The molecule has 0 amide bonds. The minimum Gasteiger partial charge on any atom is -0.464 e. The van der Waals surface area contributed by atoms with Crippen molar-refractivity contribution in [3.8, 4) is 0 Å². The highest BCUT2D eigenvalue weighted by molar-refractivity contribution is 6.06. The predicted molar refractivity (Wildman–Crippen MR) is 69.4 cm³/mol. The second-order valence-electron chi connectivity index (χ2n) is 5.08. The van der Waals surface area contributed by atoms with E-state index in [0.717, 1.165) is 6.42 Å². The lowest BCUT2D eigenvalue weighted by Gasteiger charge is -2.44. The Kier molecular flexibility index (Phi) is 3.94. The smallest absolute Gasteiger partial charge is 0.338 e. The Morgan fingerprint density at radius 3 is 2.32 bits per heavy atom. The highest BCUT2D eigenvalue weighted by Gasteiger charge is 2.61. The largest absolute Gasteiger partial charge is 0.464 e. The Morgan fingerprint density at radius 2 is 1.79 bits per heavy atom. The summed E-state index contributed by atoms with van der Waals surface area (Å²) in [4.78, 5) is 26.7. The number of esters is 2. The molecule has 1 aliphatic heterocycles. The van der Waals surface area contributed by atoms with Gasteiger partial charge in [0, 0.05) is 12.5 Å². The molecule has 0 radical (unpaired) electrons. The van der Waals surface area contributed by atoms with Gasteiger partial charge in [-0.05, 0) is 33.2 Å². The van der Waals surface area contributed by atoms with Gasteiger partial charge < -0.3 is 9.47 Å². The predicted octanol–water partition coefficient (Wildman–Crippen LogP) is 0.989. The molecule has 0 aromatic heterocycles. The molecule has 2 atom stereocenters. The molecule has 1 heterocycles. The van der Waals surface area contributed by atoms with Gasteiger partial charge in [-0.2, -0.15) is 0 Å². The van der Waals surface area contributed by atoms with E-state index in [9.17, 15) is 9.59 Å². The van der Waals surface area contributed by atoms with Gasteiger partial charge in [0.1, 0.15) is 0 Å². The van der Waals surface area contributed by atoms with E-state index in [1.807, 2.05) is 6.08 Å². The quantitative estimate of drug-likeness (QED) is 0.432. The van der Waals surface area contributed by atoms with Crippen molar-refractivity contribution in [3.63, 3.8) is 0 Å². The molecule has 2 bridgehead atoms. The SMILES string of the molecule is CCOC(=O)C1(C(=O)OCC)C2C=CC(C2)CN1C. The fourth-order valence-electron chi connectivity index (χ4n) is 3.18. The molecule has 5 heteroatoms. The molecule has 0 aromatic rings. The van der Waals surface area contributed by atoms with Crippen molar-refractivity contribution in [2.24, 2.45) is 11.8 Å². The first kappa shape index (κ1) is 14.1. The fourth-order valence-corrected chi connectivity index (χ4v) is 3.18. The molecule has 2 aliphatic rings. The van der Waals surface area contributed by atoms with Crippen molar-refractivity contribution >= 4 is 11.9 Å². The molecule has 0 N–H and O–H groups in total. The van der Waals surface area contributed by atoms with Gasteiger partial charge in [-0.1, -0.05) is 12.2 Å². The van der Waals surface area contributed by atoms with Crippen LogP contribution in [0, 0.1) is 11.8 Å². The number of nitrogens with zero attached hydrogens (tertiary/aromatic N) is 1. The van der Waals surface area contributed by atoms with Crippen LogP contribution >= 0.6 is 0 Å². The van der Waals surface area contributed by atoms with Crippen LogP contribution in [0.1, 0.15) is 20.3 Å². The second-order valence-corrected chi connectivity index (χ2v) is 5.08. The fraction of sp³-hybridized carbons (Fsp3) is 0.714. The molecule has 0 spiro atoms. The van der Waals surface area contributed by atoms with Gasteiger partial charge in [0.25, 0.3) is 0 Å². The zero-order chi connectivity index (χ0) is 14.0. The van der Waals surface area contributed by atoms with Crippen LogP contribution in [0.15, 0.2) is 12.2 Å². The van der Waals surface area contributed by atoms with Gasteiger partial charge in [-0.25, -0.2) is 9.59 Å². The van der Waals surface area contributed by atoms with Crippen molar-refractivity contribution in [2.45, 2.75) is 25.8 Å². The van der Waals surface area contributed by atoms with Crippen molar-refractivity contribution in [1.29, 1.82) is 0 Å². The summed E-state index contributed by atoms with van der Waals surface area (Å²) in [6, 6.07) is 0. The molecule has 0 saturated carbocycles. The number of likely N-dealkylation sites (tertiary alicyclic amines) is 1. The van der Waals surface area contributed by atoms with E-state index in [2.05, 4.69) is 6.08 Å². The number of piperidine rings is 1. The minimum atomic E-state index is -1.31. The van der Waals surface area contributed by atoms with Crippen LogP contribution in [-0.2, 0) is 19.1 Å². The number of rotatable bonds is 4. The summed E-state index contributed by atoms with van der Waals surface area (Å²) in [6.07, 6.45) is 4.85. The van der Waals surface area contributed by atoms with E-state index in [1.54, 1.807) is 25.8 Å². The maximum atomic E-state index is 12.4. The van der Waals surface area contributed by atoms with Crippen LogP contribution < -0.4 is 0 Å². The summed E-state index contributed by atoms with van der Waals surface area (Å²) in [5, 5.41) is 0. The number of hydrogen-bond donors (Lipinski definition) is 0. The number of carbonyl (C=O) groups excluding carboxylic acids is 2. The highest BCUT2D eigenvalue weighted by Crippen LogP contribution is 2.43. The monoisotopic (exact) mass is 267 g/mol. The van der Waals surface area contributed by atoms with Crippen LogP contribution in [0.2, 0.25) is 0 Å². The van der Waals surface area contributed by atoms with Crippen LogP contribution in [0.3, 0.4) is 0 Å². The third-order valence-electron chi connectivity index (χ3n) is 3.99. The lowest BCUT2D eigenvalue weighted by atomic mass is 9.77. The first-order chi connectivity index (χ1) is 9.07. The average Bonchev–Trinajstić information content (AvgIpc) is 2.74. The number of carbonyl (C=O) groups is 2. The highest BCUT2D eigenvalue weighted by atomic mass is 16.6. The molecule has 1 aliphatic carbocycles. The molecule has 5 nitrogen and oxygen atoms in total. The van der Waals surface area contributed by atoms with Crippen molar-refractivity contribution in [1.82, 2.24) is 4.90 Å². The zero-order valence-electron chi connectivity index (χ0n) is 11.7. The maximum absolute atomic E-state index is 12.4. The average molecular weight is 267 g/mol. The van der Waals surface area contributed by atoms with Crippen molar-refractivity contribution < 1.29 is 19.1 Å². The van der Waals surface area contributed by atoms with Gasteiger partial charge >= 0.3 is 11.9 Å². The molecular weight excluding hydrogens is 246 g/mol. The Balaban J connectivity index is 2.40. The number of likely N-dealkylation sites (N-methyl/N-ethyl adjacent to an activating group) is 1. The van der Waals surface area contributed by atoms with E-state index in [0.29, 0.717) is 12.5 Å². The van der Waals surface area contributed by atoms with Crippen LogP contribution in [0.25, 0.3) is 0 Å². The number of ether oxygens (including phenoxy) is 2. The van der Waals surface area contributed by atoms with Crippen LogP contribution in [0.5, 0.6) is 0 Å². The Labute approximate surface area is 113 Å². The first-order valence-corrected chi connectivity index (χ1v) is 6.81. The zero-order valence-corrected chi connectivity index (χ0v) is 11.7. The second kappa shape index (κ2) is 5.33. The van der Waals surface area contributed by atoms with E-state index in [-0.39, 0.29) is 19.1 Å². The third-order valence-corrected chi connectivity index (χ3v) is 3.99. The van der Waals surface area contributed by atoms with Gasteiger partial charge in [-0.15, -0.1) is 0 Å². The van der Waals surface area contributed by atoms with E-state index >= 15 is 0 Å². The van der Waals surface area contributed by atoms with Crippen LogP contribution in [-0.4, -0.2) is 49.2 Å².